The molecule has 0 saturated heterocycles. The van der Waals surface area contributed by atoms with Gasteiger partial charge in [-0.05, 0) is 44.0 Å². The zero-order valence-electron chi connectivity index (χ0n) is 11.9. The summed E-state index contributed by atoms with van der Waals surface area (Å²) < 4.78 is 5.65. The quantitative estimate of drug-likeness (QED) is 0.889. The average molecular weight is 308 g/mol. The maximum Gasteiger partial charge on any atom is 0.247 e. The van der Waals surface area contributed by atoms with Gasteiger partial charge in [-0.3, -0.25) is 4.90 Å². The molecule has 0 aliphatic heterocycles. The van der Waals surface area contributed by atoms with Gasteiger partial charge in [-0.15, -0.1) is 10.2 Å². The third-order valence-corrected chi connectivity index (χ3v) is 3.84. The summed E-state index contributed by atoms with van der Waals surface area (Å²) in [6.45, 7) is 1.15. The van der Waals surface area contributed by atoms with Crippen LogP contribution in [0.3, 0.4) is 0 Å². The van der Waals surface area contributed by atoms with Crippen molar-refractivity contribution in [2.45, 2.75) is 25.5 Å². The lowest BCUT2D eigenvalue weighted by Crippen LogP contribution is -2.30. The van der Waals surface area contributed by atoms with Crippen molar-refractivity contribution < 1.29 is 9.52 Å². The summed E-state index contributed by atoms with van der Waals surface area (Å²) in [6, 6.07) is 7.32. The van der Waals surface area contributed by atoms with Crippen LogP contribution in [0.15, 0.2) is 28.7 Å². The molecule has 1 aromatic heterocycles. The van der Waals surface area contributed by atoms with Crippen LogP contribution in [-0.2, 0) is 6.54 Å². The van der Waals surface area contributed by atoms with Gasteiger partial charge in [-0.2, -0.15) is 0 Å². The zero-order valence-corrected chi connectivity index (χ0v) is 12.6. The highest BCUT2D eigenvalue weighted by atomic mass is 35.5. The van der Waals surface area contributed by atoms with E-state index in [1.807, 2.05) is 24.1 Å². The van der Waals surface area contributed by atoms with E-state index in [9.17, 15) is 5.11 Å². The molecule has 21 heavy (non-hydrogen) atoms. The summed E-state index contributed by atoms with van der Waals surface area (Å²) in [7, 11) is 1.94. The van der Waals surface area contributed by atoms with E-state index in [0.29, 0.717) is 35.8 Å². The molecule has 0 spiro atoms. The zero-order chi connectivity index (χ0) is 14.8. The molecule has 1 aliphatic carbocycles. The number of likely N-dealkylation sites (N-methyl/N-ethyl adjacent to an activating group) is 1. The second-order valence-electron chi connectivity index (χ2n) is 5.61. The normalized spacial score (nSPS) is 16.4. The van der Waals surface area contributed by atoms with Gasteiger partial charge in [0.1, 0.15) is 0 Å². The summed E-state index contributed by atoms with van der Waals surface area (Å²) >= 11 is 5.95. The van der Waals surface area contributed by atoms with E-state index in [1.54, 1.807) is 12.1 Å². The molecule has 2 aromatic rings. The van der Waals surface area contributed by atoms with Gasteiger partial charge in [-0.25, -0.2) is 0 Å². The molecule has 1 aliphatic rings. The Morgan fingerprint density at radius 1 is 1.43 bits per heavy atom. The fourth-order valence-electron chi connectivity index (χ4n) is 2.30. The van der Waals surface area contributed by atoms with Crippen LogP contribution in [0.1, 0.15) is 18.7 Å². The van der Waals surface area contributed by atoms with Gasteiger partial charge in [-0.1, -0.05) is 17.7 Å². The summed E-state index contributed by atoms with van der Waals surface area (Å²) in [5, 5.41) is 18.7. The first-order valence-electron chi connectivity index (χ1n) is 7.07. The second-order valence-corrected chi connectivity index (χ2v) is 6.05. The lowest BCUT2D eigenvalue weighted by Gasteiger charge is -2.18. The minimum atomic E-state index is -0.259. The van der Waals surface area contributed by atoms with Crippen molar-refractivity contribution in [3.63, 3.8) is 0 Å². The van der Waals surface area contributed by atoms with Crippen LogP contribution < -0.4 is 0 Å². The number of rotatable bonds is 6. The topological polar surface area (TPSA) is 62.4 Å². The molecule has 1 fully saturated rings. The van der Waals surface area contributed by atoms with Crippen LogP contribution in [0, 0.1) is 5.92 Å². The molecule has 3 rings (SSSR count). The van der Waals surface area contributed by atoms with Crippen LogP contribution in [0.4, 0.5) is 0 Å². The van der Waals surface area contributed by atoms with Crippen LogP contribution in [-0.4, -0.2) is 39.9 Å². The van der Waals surface area contributed by atoms with Gasteiger partial charge in [0, 0.05) is 17.1 Å². The molecule has 1 saturated carbocycles. The Balaban J connectivity index is 1.62. The Kier molecular flexibility index (Phi) is 4.24. The SMILES string of the molecule is CN(Cc1nnc(-c2cccc(Cl)c2)o1)CC(O)C1CC1. The molecule has 0 amide bonds. The van der Waals surface area contributed by atoms with Gasteiger partial charge < -0.3 is 9.52 Å². The number of hydrogen-bond donors (Lipinski definition) is 1. The summed E-state index contributed by atoms with van der Waals surface area (Å²) in [6.07, 6.45) is 2.01. The Labute approximate surface area is 128 Å². The number of nitrogens with zero attached hydrogens (tertiary/aromatic N) is 3. The Morgan fingerprint density at radius 3 is 2.95 bits per heavy atom. The minimum absolute atomic E-state index is 0.259. The summed E-state index contributed by atoms with van der Waals surface area (Å²) in [5.41, 5.74) is 0.807. The van der Waals surface area contributed by atoms with Gasteiger partial charge in [0.05, 0.1) is 12.6 Å². The Hall–Kier alpha value is -1.43. The first-order chi connectivity index (χ1) is 10.1. The maximum atomic E-state index is 9.93. The van der Waals surface area contributed by atoms with Crippen molar-refractivity contribution in [2.75, 3.05) is 13.6 Å². The predicted octanol–water partition coefficient (Wildman–Crippen LogP) is 2.59. The van der Waals surface area contributed by atoms with Crippen molar-refractivity contribution >= 4 is 11.6 Å². The second kappa shape index (κ2) is 6.13. The van der Waals surface area contributed by atoms with Crippen molar-refractivity contribution in [3.05, 3.63) is 35.2 Å². The number of benzene rings is 1. The summed E-state index contributed by atoms with van der Waals surface area (Å²) in [4.78, 5) is 2.00. The molecule has 112 valence electrons. The maximum absolute atomic E-state index is 9.93. The van der Waals surface area contributed by atoms with Gasteiger partial charge in [0.2, 0.25) is 11.8 Å². The smallest absolute Gasteiger partial charge is 0.247 e. The minimum Gasteiger partial charge on any atom is -0.419 e. The molecule has 1 atom stereocenters. The highest BCUT2D eigenvalue weighted by molar-refractivity contribution is 6.30. The number of aliphatic hydroxyl groups excluding tert-OH is 1. The molecule has 5 nitrogen and oxygen atoms in total. The molecule has 1 heterocycles. The van der Waals surface area contributed by atoms with Crippen LogP contribution >= 0.6 is 11.6 Å². The largest absolute Gasteiger partial charge is 0.419 e. The molecule has 0 bridgehead atoms. The van der Waals surface area contributed by atoms with E-state index in [-0.39, 0.29) is 6.10 Å². The number of halogens is 1. The van der Waals surface area contributed by atoms with Gasteiger partial charge >= 0.3 is 0 Å². The molecule has 1 N–H and O–H groups in total. The standard InChI is InChI=1S/C15H18ClN3O2/c1-19(8-13(20)10-5-6-10)9-14-17-18-15(21-14)11-3-2-4-12(16)7-11/h2-4,7,10,13,20H,5-6,8-9H2,1H3. The lowest BCUT2D eigenvalue weighted by atomic mass is 10.2. The molecule has 1 unspecified atom stereocenters. The highest BCUT2D eigenvalue weighted by Gasteiger charge is 2.30. The van der Waals surface area contributed by atoms with Gasteiger partial charge in [0.15, 0.2) is 0 Å². The van der Waals surface area contributed by atoms with E-state index >= 15 is 0 Å². The molecular weight excluding hydrogens is 290 g/mol. The van der Waals surface area contributed by atoms with Crippen molar-refractivity contribution in [1.29, 1.82) is 0 Å². The third-order valence-electron chi connectivity index (χ3n) is 3.61. The van der Waals surface area contributed by atoms with Gasteiger partial charge in [0.25, 0.3) is 0 Å². The van der Waals surface area contributed by atoms with Crippen molar-refractivity contribution in [2.24, 2.45) is 5.92 Å². The van der Waals surface area contributed by atoms with E-state index in [4.69, 9.17) is 16.0 Å². The summed E-state index contributed by atoms with van der Waals surface area (Å²) in [5.74, 6) is 1.47. The predicted molar refractivity (Wildman–Crippen MR) is 79.8 cm³/mol. The van der Waals surface area contributed by atoms with E-state index in [0.717, 1.165) is 18.4 Å². The fourth-order valence-corrected chi connectivity index (χ4v) is 2.49. The van der Waals surface area contributed by atoms with Crippen LogP contribution in [0.2, 0.25) is 5.02 Å². The number of hydrogen-bond acceptors (Lipinski definition) is 5. The van der Waals surface area contributed by atoms with E-state index in [2.05, 4.69) is 10.2 Å². The monoisotopic (exact) mass is 307 g/mol. The Bertz CT molecular complexity index is 612. The van der Waals surface area contributed by atoms with Crippen LogP contribution in [0.25, 0.3) is 11.5 Å². The molecule has 0 radical (unpaired) electrons. The third kappa shape index (κ3) is 3.81. The van der Waals surface area contributed by atoms with E-state index in [1.165, 1.54) is 0 Å². The number of aliphatic hydroxyl groups is 1. The fraction of sp³-hybridized carbons (Fsp3) is 0.467. The highest BCUT2D eigenvalue weighted by Crippen LogP contribution is 2.32. The number of aromatic nitrogens is 2. The van der Waals surface area contributed by atoms with Crippen LogP contribution in [0.5, 0.6) is 0 Å². The average Bonchev–Trinajstić information content (AvgIpc) is 3.19. The first kappa shape index (κ1) is 14.5. The molecular formula is C15H18ClN3O2. The first-order valence-corrected chi connectivity index (χ1v) is 7.44. The molecule has 6 heteroatoms. The lowest BCUT2D eigenvalue weighted by molar-refractivity contribution is 0.100. The van der Waals surface area contributed by atoms with E-state index < -0.39 is 0 Å². The molecule has 1 aromatic carbocycles. The van der Waals surface area contributed by atoms with Crippen molar-refractivity contribution in [3.8, 4) is 11.5 Å². The Morgan fingerprint density at radius 2 is 2.24 bits per heavy atom. The van der Waals surface area contributed by atoms with Crippen molar-refractivity contribution in [1.82, 2.24) is 15.1 Å².